The van der Waals surface area contributed by atoms with Crippen molar-refractivity contribution in [1.82, 2.24) is 20.9 Å². The average Bonchev–Trinajstić information content (AvgIpc) is 2.67. The Morgan fingerprint density at radius 3 is 2.58 bits per heavy atom. The van der Waals surface area contributed by atoms with Crippen molar-refractivity contribution in [2.75, 3.05) is 39.8 Å². The molecule has 6 nitrogen and oxygen atoms in total. The van der Waals surface area contributed by atoms with Crippen molar-refractivity contribution in [3.05, 3.63) is 35.9 Å². The van der Waals surface area contributed by atoms with Crippen LogP contribution in [-0.2, 0) is 11.2 Å². The van der Waals surface area contributed by atoms with Crippen molar-refractivity contribution in [1.29, 1.82) is 0 Å². The Kier molecular flexibility index (Phi) is 8.96. The molecule has 2 rings (SSSR count). The monoisotopic (exact) mass is 359 g/mol. The van der Waals surface area contributed by atoms with Crippen molar-refractivity contribution < 1.29 is 4.79 Å². The molecule has 0 aromatic heterocycles. The van der Waals surface area contributed by atoms with Crippen LogP contribution in [0.25, 0.3) is 0 Å². The molecule has 1 saturated heterocycles. The largest absolute Gasteiger partial charge is 0.354 e. The fourth-order valence-corrected chi connectivity index (χ4v) is 3.22. The summed E-state index contributed by atoms with van der Waals surface area (Å²) in [6.45, 7) is 6.55. The highest BCUT2D eigenvalue weighted by Crippen LogP contribution is 2.10. The van der Waals surface area contributed by atoms with Crippen LogP contribution >= 0.6 is 0 Å². The molecule has 1 heterocycles. The van der Waals surface area contributed by atoms with Crippen molar-refractivity contribution in [2.24, 2.45) is 4.99 Å². The number of guanidine groups is 1. The molecule has 0 bridgehead atoms. The zero-order valence-corrected chi connectivity index (χ0v) is 16.1. The Morgan fingerprint density at radius 2 is 1.92 bits per heavy atom. The molecule has 1 amide bonds. The molecule has 0 unspecified atom stereocenters. The van der Waals surface area contributed by atoms with E-state index in [1.165, 1.54) is 18.5 Å². The minimum absolute atomic E-state index is 0.0124. The highest BCUT2D eigenvalue weighted by Gasteiger charge is 2.19. The SMILES string of the molecule is CCCN1CCC(NC(=NC)NCC(=O)NCCc2ccccc2)CC1. The molecule has 1 aromatic rings. The molecule has 1 aliphatic heterocycles. The Bertz CT molecular complexity index is 553. The normalized spacial score (nSPS) is 16.3. The van der Waals surface area contributed by atoms with E-state index in [-0.39, 0.29) is 12.5 Å². The van der Waals surface area contributed by atoms with Crippen LogP contribution in [-0.4, -0.2) is 62.6 Å². The Labute approximate surface area is 157 Å². The van der Waals surface area contributed by atoms with Gasteiger partial charge in [-0.3, -0.25) is 9.79 Å². The number of aliphatic imine (C=N–C) groups is 1. The minimum Gasteiger partial charge on any atom is -0.354 e. The van der Waals surface area contributed by atoms with Crippen LogP contribution in [0.5, 0.6) is 0 Å². The van der Waals surface area contributed by atoms with Gasteiger partial charge in [0, 0.05) is 32.7 Å². The minimum atomic E-state index is -0.0124. The van der Waals surface area contributed by atoms with Crippen LogP contribution in [0.3, 0.4) is 0 Å². The van der Waals surface area contributed by atoms with Gasteiger partial charge in [-0.25, -0.2) is 0 Å². The van der Waals surface area contributed by atoms with Gasteiger partial charge >= 0.3 is 0 Å². The van der Waals surface area contributed by atoms with Crippen molar-refractivity contribution >= 4 is 11.9 Å². The molecule has 6 heteroatoms. The smallest absolute Gasteiger partial charge is 0.239 e. The molecule has 1 aromatic carbocycles. The summed E-state index contributed by atoms with van der Waals surface area (Å²) in [6.07, 6.45) is 4.28. The van der Waals surface area contributed by atoms with E-state index in [2.05, 4.69) is 44.9 Å². The molecule has 0 radical (unpaired) electrons. The van der Waals surface area contributed by atoms with Gasteiger partial charge in [0.15, 0.2) is 5.96 Å². The first-order chi connectivity index (χ1) is 12.7. The Hall–Kier alpha value is -2.08. The van der Waals surface area contributed by atoms with Crippen LogP contribution in [0, 0.1) is 0 Å². The van der Waals surface area contributed by atoms with Crippen LogP contribution in [0.15, 0.2) is 35.3 Å². The maximum Gasteiger partial charge on any atom is 0.239 e. The van der Waals surface area contributed by atoms with Gasteiger partial charge in [0.2, 0.25) is 5.91 Å². The van der Waals surface area contributed by atoms with Gasteiger partial charge < -0.3 is 20.9 Å². The highest BCUT2D eigenvalue weighted by atomic mass is 16.1. The van der Waals surface area contributed by atoms with Gasteiger partial charge in [0.25, 0.3) is 0 Å². The first kappa shape index (κ1) is 20.2. The summed E-state index contributed by atoms with van der Waals surface area (Å²) in [5.41, 5.74) is 1.23. The van der Waals surface area contributed by atoms with Gasteiger partial charge in [-0.15, -0.1) is 0 Å². The van der Waals surface area contributed by atoms with Crippen LogP contribution in [0.1, 0.15) is 31.7 Å². The number of rotatable bonds is 8. The van der Waals surface area contributed by atoms with Crippen molar-refractivity contribution in [2.45, 2.75) is 38.6 Å². The lowest BCUT2D eigenvalue weighted by molar-refractivity contribution is -0.119. The summed E-state index contributed by atoms with van der Waals surface area (Å²) in [7, 11) is 1.74. The summed E-state index contributed by atoms with van der Waals surface area (Å²) in [6, 6.07) is 10.6. The van der Waals surface area contributed by atoms with Crippen LogP contribution < -0.4 is 16.0 Å². The van der Waals surface area contributed by atoms with Crippen LogP contribution in [0.2, 0.25) is 0 Å². The molecule has 26 heavy (non-hydrogen) atoms. The standard InChI is InChI=1S/C20H33N5O/c1-3-13-25-14-10-18(11-15-25)24-20(21-2)23-16-19(26)22-12-9-17-7-5-4-6-8-17/h4-8,18H,3,9-16H2,1-2H3,(H,22,26)(H2,21,23,24). The quantitative estimate of drug-likeness (QED) is 0.485. The summed E-state index contributed by atoms with van der Waals surface area (Å²) in [5.74, 6) is 0.693. The second kappa shape index (κ2) is 11.5. The van der Waals surface area contributed by atoms with E-state index >= 15 is 0 Å². The van der Waals surface area contributed by atoms with Crippen molar-refractivity contribution in [3.8, 4) is 0 Å². The predicted molar refractivity (Wildman–Crippen MR) is 107 cm³/mol. The first-order valence-corrected chi connectivity index (χ1v) is 9.71. The zero-order valence-electron chi connectivity index (χ0n) is 16.1. The molecule has 1 aliphatic rings. The van der Waals surface area contributed by atoms with Gasteiger partial charge in [0.1, 0.15) is 0 Å². The third-order valence-electron chi connectivity index (χ3n) is 4.69. The summed E-state index contributed by atoms with van der Waals surface area (Å²) in [5, 5.41) is 9.50. The zero-order chi connectivity index (χ0) is 18.6. The average molecular weight is 360 g/mol. The van der Waals surface area contributed by atoms with Gasteiger partial charge in [-0.2, -0.15) is 0 Å². The van der Waals surface area contributed by atoms with Gasteiger partial charge in [-0.05, 0) is 37.8 Å². The number of hydrogen-bond acceptors (Lipinski definition) is 3. The number of benzene rings is 1. The lowest BCUT2D eigenvalue weighted by atomic mass is 10.1. The molecule has 3 N–H and O–H groups in total. The number of carbonyl (C=O) groups excluding carboxylic acids is 1. The fourth-order valence-electron chi connectivity index (χ4n) is 3.22. The molecule has 0 saturated carbocycles. The number of likely N-dealkylation sites (tertiary alicyclic amines) is 1. The predicted octanol–water partition coefficient (Wildman–Crippen LogP) is 1.38. The molecule has 144 valence electrons. The molecule has 0 atom stereocenters. The topological polar surface area (TPSA) is 68.8 Å². The van der Waals surface area contributed by atoms with E-state index in [1.54, 1.807) is 7.05 Å². The number of hydrogen-bond donors (Lipinski definition) is 3. The number of carbonyl (C=O) groups is 1. The number of piperidine rings is 1. The lowest BCUT2D eigenvalue weighted by Crippen LogP contribution is -2.50. The summed E-state index contributed by atoms with van der Waals surface area (Å²) in [4.78, 5) is 18.7. The van der Waals surface area contributed by atoms with E-state index in [0.717, 1.165) is 32.4 Å². The highest BCUT2D eigenvalue weighted by molar-refractivity contribution is 5.86. The van der Waals surface area contributed by atoms with Crippen molar-refractivity contribution in [3.63, 3.8) is 0 Å². The molecular formula is C20H33N5O. The van der Waals surface area contributed by atoms with E-state index in [9.17, 15) is 4.79 Å². The van der Waals surface area contributed by atoms with E-state index in [1.807, 2.05) is 18.2 Å². The number of nitrogens with zero attached hydrogens (tertiary/aromatic N) is 2. The molecule has 0 aliphatic carbocycles. The van der Waals surface area contributed by atoms with Crippen LogP contribution in [0.4, 0.5) is 0 Å². The Balaban J connectivity index is 1.61. The second-order valence-corrected chi connectivity index (χ2v) is 6.77. The number of amides is 1. The van der Waals surface area contributed by atoms with Gasteiger partial charge in [0.05, 0.1) is 6.54 Å². The molecule has 0 spiro atoms. The third kappa shape index (κ3) is 7.44. The maximum atomic E-state index is 12.0. The van der Waals surface area contributed by atoms with E-state index in [4.69, 9.17) is 0 Å². The number of nitrogens with one attached hydrogen (secondary N) is 3. The Morgan fingerprint density at radius 1 is 1.19 bits per heavy atom. The second-order valence-electron chi connectivity index (χ2n) is 6.77. The maximum absolute atomic E-state index is 12.0. The molecular weight excluding hydrogens is 326 g/mol. The first-order valence-electron chi connectivity index (χ1n) is 9.71. The lowest BCUT2D eigenvalue weighted by Gasteiger charge is -2.32. The fraction of sp³-hybridized carbons (Fsp3) is 0.600. The van der Waals surface area contributed by atoms with E-state index < -0.39 is 0 Å². The third-order valence-corrected chi connectivity index (χ3v) is 4.69. The molecule has 1 fully saturated rings. The summed E-state index contributed by atoms with van der Waals surface area (Å²) >= 11 is 0. The van der Waals surface area contributed by atoms with Gasteiger partial charge in [-0.1, -0.05) is 37.3 Å². The summed E-state index contributed by atoms with van der Waals surface area (Å²) < 4.78 is 0. The van der Waals surface area contributed by atoms with E-state index in [0.29, 0.717) is 18.5 Å².